The number of anilines is 1. The van der Waals surface area contributed by atoms with Gasteiger partial charge in [0.1, 0.15) is 28.6 Å². The molecular weight excluding hydrogens is 440 g/mol. The van der Waals surface area contributed by atoms with E-state index in [4.69, 9.17) is 0 Å². The lowest BCUT2D eigenvalue weighted by Crippen LogP contribution is -2.40. The zero-order valence-electron chi connectivity index (χ0n) is 17.3. The van der Waals surface area contributed by atoms with Crippen molar-refractivity contribution < 1.29 is 22.4 Å². The second-order valence-electron chi connectivity index (χ2n) is 8.20. The van der Waals surface area contributed by atoms with Crippen molar-refractivity contribution in [3.63, 3.8) is 0 Å². The van der Waals surface area contributed by atoms with Gasteiger partial charge in [-0.1, -0.05) is 6.07 Å². The number of hydrogen-bond donors (Lipinski definition) is 3. The number of amides is 1. The molecule has 11 heteroatoms. The molecule has 1 aliphatic carbocycles. The molecule has 1 amide bonds. The van der Waals surface area contributed by atoms with Crippen LogP contribution in [0.25, 0.3) is 16.7 Å². The number of alkyl halides is 3. The van der Waals surface area contributed by atoms with Crippen LogP contribution in [0.5, 0.6) is 0 Å². The number of hydrogen-bond acceptors (Lipinski definition) is 4. The van der Waals surface area contributed by atoms with Gasteiger partial charge in [-0.3, -0.25) is 9.20 Å². The lowest BCUT2D eigenvalue weighted by atomic mass is 9.91. The van der Waals surface area contributed by atoms with Crippen LogP contribution in [0.1, 0.15) is 41.9 Å². The zero-order valence-corrected chi connectivity index (χ0v) is 17.3. The van der Waals surface area contributed by atoms with Crippen LogP contribution in [0.3, 0.4) is 0 Å². The van der Waals surface area contributed by atoms with Crippen molar-refractivity contribution in [1.29, 1.82) is 0 Å². The fraction of sp³-hybridized carbons (Fsp3) is 0.318. The molecule has 1 aliphatic rings. The maximum atomic E-state index is 13.3. The van der Waals surface area contributed by atoms with Gasteiger partial charge in [0.15, 0.2) is 5.69 Å². The average Bonchev–Trinajstić information content (AvgIpc) is 3.39. The number of nitrogens with zero attached hydrogens (tertiary/aromatic N) is 3. The minimum Gasteiger partial charge on any atom is -0.368 e. The molecular formula is C22H20F4N6O. The van der Waals surface area contributed by atoms with Crippen LogP contribution in [-0.4, -0.2) is 37.3 Å². The predicted octanol–water partition coefficient (Wildman–Crippen LogP) is 4.52. The molecule has 0 saturated heterocycles. The van der Waals surface area contributed by atoms with Crippen LogP contribution in [0.4, 0.5) is 23.4 Å². The van der Waals surface area contributed by atoms with Gasteiger partial charge in [-0.25, -0.2) is 14.4 Å². The fourth-order valence-corrected chi connectivity index (χ4v) is 4.23. The van der Waals surface area contributed by atoms with Crippen molar-refractivity contribution >= 4 is 28.4 Å². The predicted molar refractivity (Wildman–Crippen MR) is 113 cm³/mol. The molecule has 0 bridgehead atoms. The van der Waals surface area contributed by atoms with Crippen LogP contribution in [0.2, 0.25) is 0 Å². The molecule has 0 spiro atoms. The van der Waals surface area contributed by atoms with E-state index in [1.807, 2.05) is 0 Å². The maximum absolute atomic E-state index is 13.3. The molecule has 0 aromatic carbocycles. The molecule has 1 saturated carbocycles. The number of halogens is 4. The molecule has 0 atom stereocenters. The van der Waals surface area contributed by atoms with Gasteiger partial charge in [0.25, 0.3) is 5.91 Å². The molecule has 4 heterocycles. The van der Waals surface area contributed by atoms with Crippen LogP contribution < -0.4 is 10.6 Å². The number of nitrogens with one attached hydrogen (secondary N) is 3. The van der Waals surface area contributed by atoms with Gasteiger partial charge >= 0.3 is 6.18 Å². The first-order chi connectivity index (χ1) is 15.8. The first-order valence-electron chi connectivity index (χ1n) is 10.5. The Morgan fingerprint density at radius 1 is 1.12 bits per heavy atom. The topological polar surface area (TPSA) is 87.1 Å². The summed E-state index contributed by atoms with van der Waals surface area (Å²) in [5.41, 5.74) is 0.0477. The summed E-state index contributed by atoms with van der Waals surface area (Å²) in [6.07, 6.45) is 0.472. The Kier molecular flexibility index (Phi) is 5.18. The van der Waals surface area contributed by atoms with E-state index in [-0.39, 0.29) is 23.6 Å². The highest BCUT2D eigenvalue weighted by Gasteiger charge is 2.34. The Morgan fingerprint density at radius 2 is 1.88 bits per heavy atom. The molecule has 7 nitrogen and oxygen atoms in total. The highest BCUT2D eigenvalue weighted by atomic mass is 19.4. The van der Waals surface area contributed by atoms with Crippen molar-refractivity contribution in [2.45, 2.75) is 43.9 Å². The third-order valence-corrected chi connectivity index (χ3v) is 5.88. The standard InChI is InChI=1S/C22H20F4N6O/c23-13-8-12-9-16(30-20(12)27-10-13)21(33)29-15-6-4-14(5-7-15)28-18-2-1-3-19-31-17(11-32(18)19)22(24,25)26/h1-3,8-11,14-15,28H,4-7H2,(H,27,30)(H,29,33)/t14-,15+. The van der Waals surface area contributed by atoms with E-state index < -0.39 is 17.7 Å². The van der Waals surface area contributed by atoms with E-state index in [2.05, 4.69) is 25.6 Å². The van der Waals surface area contributed by atoms with Crippen molar-refractivity contribution in [3.05, 3.63) is 59.9 Å². The second kappa shape index (κ2) is 8.05. The van der Waals surface area contributed by atoms with Gasteiger partial charge in [0, 0.05) is 23.7 Å². The second-order valence-corrected chi connectivity index (χ2v) is 8.20. The molecule has 3 N–H and O–H groups in total. The van der Waals surface area contributed by atoms with Crippen molar-refractivity contribution in [2.75, 3.05) is 5.32 Å². The quantitative estimate of drug-likeness (QED) is 0.391. The average molecular weight is 460 g/mol. The first kappa shape index (κ1) is 21.2. The Morgan fingerprint density at radius 3 is 2.64 bits per heavy atom. The smallest absolute Gasteiger partial charge is 0.368 e. The number of rotatable bonds is 4. The molecule has 172 valence electrons. The Bertz CT molecular complexity index is 1320. The Hall–Kier alpha value is -3.63. The van der Waals surface area contributed by atoms with Gasteiger partial charge in [-0.05, 0) is 49.9 Å². The largest absolute Gasteiger partial charge is 0.434 e. The number of carbonyl (C=O) groups is 1. The molecule has 33 heavy (non-hydrogen) atoms. The molecule has 1 fully saturated rings. The van der Waals surface area contributed by atoms with Crippen LogP contribution >= 0.6 is 0 Å². The minimum atomic E-state index is -4.51. The molecule has 0 unspecified atom stereocenters. The summed E-state index contributed by atoms with van der Waals surface area (Å²) >= 11 is 0. The van der Waals surface area contributed by atoms with Crippen molar-refractivity contribution in [2.24, 2.45) is 0 Å². The zero-order chi connectivity index (χ0) is 23.2. The summed E-state index contributed by atoms with van der Waals surface area (Å²) < 4.78 is 53.8. The number of fused-ring (bicyclic) bond motifs is 2. The summed E-state index contributed by atoms with van der Waals surface area (Å²) in [4.78, 5) is 23.1. The number of pyridine rings is 2. The minimum absolute atomic E-state index is 0.0347. The third kappa shape index (κ3) is 4.35. The number of aromatic nitrogens is 4. The number of imidazole rings is 1. The van der Waals surface area contributed by atoms with Gasteiger partial charge in [-0.2, -0.15) is 13.2 Å². The molecule has 5 rings (SSSR count). The van der Waals surface area contributed by atoms with Crippen LogP contribution in [-0.2, 0) is 6.18 Å². The maximum Gasteiger partial charge on any atom is 0.434 e. The summed E-state index contributed by atoms with van der Waals surface area (Å²) in [5.74, 6) is -0.214. The van der Waals surface area contributed by atoms with Gasteiger partial charge in [0.2, 0.25) is 0 Å². The van der Waals surface area contributed by atoms with E-state index in [0.29, 0.717) is 35.4 Å². The van der Waals surface area contributed by atoms with Gasteiger partial charge < -0.3 is 15.6 Å². The lowest BCUT2D eigenvalue weighted by molar-refractivity contribution is -0.140. The molecule has 4 aromatic rings. The summed E-state index contributed by atoms with van der Waals surface area (Å²) in [6.45, 7) is 0. The number of H-pyrrole nitrogens is 1. The SMILES string of the molecule is O=C(N[C@H]1CC[C@@H](Nc2cccc3nc(C(F)(F)F)cn23)CC1)c1cc2cc(F)cnc2[nH]1. The Labute approximate surface area is 185 Å². The monoisotopic (exact) mass is 460 g/mol. The van der Waals surface area contributed by atoms with Crippen LogP contribution in [0, 0.1) is 5.82 Å². The normalized spacial score (nSPS) is 19.2. The lowest BCUT2D eigenvalue weighted by Gasteiger charge is -2.30. The summed E-state index contributed by atoms with van der Waals surface area (Å²) in [5, 5.41) is 6.82. The van der Waals surface area contributed by atoms with E-state index in [9.17, 15) is 22.4 Å². The summed E-state index contributed by atoms with van der Waals surface area (Å²) in [6, 6.07) is 7.81. The number of carbonyl (C=O) groups excluding carboxylic acids is 1. The van der Waals surface area contributed by atoms with E-state index >= 15 is 0 Å². The molecule has 4 aromatic heterocycles. The van der Waals surface area contributed by atoms with Gasteiger partial charge in [0.05, 0.1) is 6.20 Å². The summed E-state index contributed by atoms with van der Waals surface area (Å²) in [7, 11) is 0. The fourth-order valence-electron chi connectivity index (χ4n) is 4.23. The van der Waals surface area contributed by atoms with Crippen molar-refractivity contribution in [1.82, 2.24) is 24.7 Å². The number of aromatic amines is 1. The molecule has 0 aliphatic heterocycles. The van der Waals surface area contributed by atoms with Gasteiger partial charge in [-0.15, -0.1) is 0 Å². The van der Waals surface area contributed by atoms with Crippen molar-refractivity contribution in [3.8, 4) is 0 Å². The first-order valence-corrected chi connectivity index (χ1v) is 10.5. The van der Waals surface area contributed by atoms with Crippen LogP contribution in [0.15, 0.2) is 42.7 Å². The van der Waals surface area contributed by atoms with E-state index in [1.165, 1.54) is 16.5 Å². The van der Waals surface area contributed by atoms with E-state index in [0.717, 1.165) is 25.2 Å². The molecule has 0 radical (unpaired) electrons. The third-order valence-electron chi connectivity index (χ3n) is 5.88. The highest BCUT2D eigenvalue weighted by Crippen LogP contribution is 2.30. The highest BCUT2D eigenvalue weighted by molar-refractivity contribution is 5.97. The Balaban J connectivity index is 1.20. The van der Waals surface area contributed by atoms with E-state index in [1.54, 1.807) is 18.2 Å².